The van der Waals surface area contributed by atoms with Crippen LogP contribution in [-0.2, 0) is 17.9 Å². The van der Waals surface area contributed by atoms with Crippen LogP contribution in [0.4, 0.5) is 0 Å². The molecule has 26 heavy (non-hydrogen) atoms. The molecule has 138 valence electrons. The number of nitrogens with one attached hydrogen (secondary N) is 3. The summed E-state index contributed by atoms with van der Waals surface area (Å²) < 4.78 is 5.15. The molecule has 0 aliphatic carbocycles. The normalized spacial score (nSPS) is 10.9. The van der Waals surface area contributed by atoms with Crippen LogP contribution < -0.4 is 20.7 Å². The first-order chi connectivity index (χ1) is 12.7. The highest BCUT2D eigenvalue weighted by molar-refractivity contribution is 5.86. The molecule has 6 heteroatoms. The maximum Gasteiger partial charge on any atom is 0.239 e. The lowest BCUT2D eigenvalue weighted by Crippen LogP contribution is -2.43. The number of carbonyl (C=O) groups is 1. The average molecular weight is 354 g/mol. The van der Waals surface area contributed by atoms with E-state index in [0.717, 1.165) is 23.4 Å². The van der Waals surface area contributed by atoms with Gasteiger partial charge in [-0.1, -0.05) is 42.5 Å². The van der Waals surface area contributed by atoms with Gasteiger partial charge in [0.25, 0.3) is 0 Å². The van der Waals surface area contributed by atoms with E-state index in [0.29, 0.717) is 19.0 Å². The highest BCUT2D eigenvalue weighted by atomic mass is 16.5. The zero-order valence-corrected chi connectivity index (χ0v) is 15.3. The predicted molar refractivity (Wildman–Crippen MR) is 104 cm³/mol. The molecule has 2 aromatic rings. The Morgan fingerprint density at radius 1 is 0.962 bits per heavy atom. The van der Waals surface area contributed by atoms with Gasteiger partial charge in [-0.15, -0.1) is 0 Å². The SMILES string of the molecule is CCNC(=NCc1ccc(OC)cc1)NCC(=O)NCc1ccccc1. The minimum atomic E-state index is -0.0797. The van der Waals surface area contributed by atoms with Gasteiger partial charge < -0.3 is 20.7 Å². The van der Waals surface area contributed by atoms with Crippen molar-refractivity contribution in [1.82, 2.24) is 16.0 Å². The number of guanidine groups is 1. The first-order valence-electron chi connectivity index (χ1n) is 8.67. The molecule has 0 unspecified atom stereocenters. The van der Waals surface area contributed by atoms with Gasteiger partial charge in [-0.2, -0.15) is 0 Å². The molecule has 0 radical (unpaired) electrons. The number of ether oxygens (including phenoxy) is 1. The molecule has 6 nitrogen and oxygen atoms in total. The second kappa shape index (κ2) is 10.8. The fourth-order valence-corrected chi connectivity index (χ4v) is 2.27. The molecule has 2 aromatic carbocycles. The lowest BCUT2D eigenvalue weighted by molar-refractivity contribution is -0.120. The van der Waals surface area contributed by atoms with Crippen LogP contribution in [0, 0.1) is 0 Å². The zero-order chi connectivity index (χ0) is 18.6. The van der Waals surface area contributed by atoms with Crippen molar-refractivity contribution in [1.29, 1.82) is 0 Å². The molecule has 0 saturated heterocycles. The van der Waals surface area contributed by atoms with E-state index in [1.807, 2.05) is 61.5 Å². The number of methoxy groups -OCH3 is 1. The van der Waals surface area contributed by atoms with Crippen molar-refractivity contribution in [3.8, 4) is 5.75 Å². The third-order valence-electron chi connectivity index (χ3n) is 3.67. The number of carbonyl (C=O) groups excluding carboxylic acids is 1. The van der Waals surface area contributed by atoms with Gasteiger partial charge in [-0.3, -0.25) is 4.79 Å². The molecule has 0 bridgehead atoms. The van der Waals surface area contributed by atoms with Gasteiger partial charge in [0.1, 0.15) is 5.75 Å². The quantitative estimate of drug-likeness (QED) is 0.501. The van der Waals surface area contributed by atoms with Crippen LogP contribution in [0.2, 0.25) is 0 Å². The summed E-state index contributed by atoms with van der Waals surface area (Å²) in [6, 6.07) is 17.6. The first-order valence-corrected chi connectivity index (χ1v) is 8.67. The largest absolute Gasteiger partial charge is 0.497 e. The Balaban J connectivity index is 1.81. The second-order valence-electron chi connectivity index (χ2n) is 5.66. The van der Waals surface area contributed by atoms with Crippen molar-refractivity contribution in [3.63, 3.8) is 0 Å². The van der Waals surface area contributed by atoms with Gasteiger partial charge in [-0.25, -0.2) is 4.99 Å². The molecule has 2 rings (SSSR count). The molecule has 0 saturated carbocycles. The smallest absolute Gasteiger partial charge is 0.239 e. The van der Waals surface area contributed by atoms with E-state index in [2.05, 4.69) is 20.9 Å². The van der Waals surface area contributed by atoms with E-state index in [4.69, 9.17) is 4.74 Å². The zero-order valence-electron chi connectivity index (χ0n) is 15.3. The summed E-state index contributed by atoms with van der Waals surface area (Å²) in [7, 11) is 1.64. The molecule has 0 atom stereocenters. The van der Waals surface area contributed by atoms with Gasteiger partial charge in [0.2, 0.25) is 5.91 Å². The Labute approximate surface area is 154 Å². The molecule has 0 aliphatic rings. The topological polar surface area (TPSA) is 74.8 Å². The summed E-state index contributed by atoms with van der Waals surface area (Å²) in [5.41, 5.74) is 2.14. The van der Waals surface area contributed by atoms with Gasteiger partial charge in [0.15, 0.2) is 5.96 Å². The molecule has 0 fully saturated rings. The molecule has 1 amide bonds. The number of rotatable bonds is 8. The van der Waals surface area contributed by atoms with Crippen LogP contribution in [0.3, 0.4) is 0 Å². The Hall–Kier alpha value is -3.02. The van der Waals surface area contributed by atoms with E-state index in [1.54, 1.807) is 7.11 Å². The van der Waals surface area contributed by atoms with Crippen molar-refractivity contribution in [2.75, 3.05) is 20.2 Å². The van der Waals surface area contributed by atoms with Crippen LogP contribution in [0.25, 0.3) is 0 Å². The number of aliphatic imine (C=N–C) groups is 1. The second-order valence-corrected chi connectivity index (χ2v) is 5.66. The number of nitrogens with zero attached hydrogens (tertiary/aromatic N) is 1. The number of hydrogen-bond acceptors (Lipinski definition) is 3. The minimum Gasteiger partial charge on any atom is -0.497 e. The first kappa shape index (κ1) is 19.3. The highest BCUT2D eigenvalue weighted by Crippen LogP contribution is 2.11. The number of benzene rings is 2. The van der Waals surface area contributed by atoms with Crippen LogP contribution in [0.5, 0.6) is 5.75 Å². The van der Waals surface area contributed by atoms with E-state index in [1.165, 1.54) is 0 Å². The summed E-state index contributed by atoms with van der Waals surface area (Å²) in [4.78, 5) is 16.5. The predicted octanol–water partition coefficient (Wildman–Crippen LogP) is 2.07. The highest BCUT2D eigenvalue weighted by Gasteiger charge is 2.04. The van der Waals surface area contributed by atoms with E-state index in [-0.39, 0.29) is 12.5 Å². The van der Waals surface area contributed by atoms with Crippen LogP contribution in [0.1, 0.15) is 18.1 Å². The summed E-state index contributed by atoms with van der Waals surface area (Å²) in [6.07, 6.45) is 0. The standard InChI is InChI=1S/C20H26N4O2/c1-3-21-20(23-14-17-9-11-18(26-2)12-10-17)24-15-19(25)22-13-16-7-5-4-6-8-16/h4-12H,3,13-15H2,1-2H3,(H,22,25)(H2,21,23,24). The molecule has 0 spiro atoms. The van der Waals surface area contributed by atoms with Crippen molar-refractivity contribution in [3.05, 3.63) is 65.7 Å². The summed E-state index contributed by atoms with van der Waals surface area (Å²) in [6.45, 7) is 3.91. The Morgan fingerprint density at radius 2 is 1.69 bits per heavy atom. The molecular formula is C20H26N4O2. The Kier molecular flexibility index (Phi) is 7.99. The Morgan fingerprint density at radius 3 is 2.35 bits per heavy atom. The van der Waals surface area contributed by atoms with Gasteiger partial charge in [-0.05, 0) is 30.2 Å². The average Bonchev–Trinajstić information content (AvgIpc) is 2.69. The van der Waals surface area contributed by atoms with Crippen molar-refractivity contribution in [2.45, 2.75) is 20.0 Å². The van der Waals surface area contributed by atoms with Crippen LogP contribution in [0.15, 0.2) is 59.6 Å². The summed E-state index contributed by atoms with van der Waals surface area (Å²) in [5.74, 6) is 1.35. The summed E-state index contributed by atoms with van der Waals surface area (Å²) in [5, 5.41) is 9.08. The molecule has 3 N–H and O–H groups in total. The van der Waals surface area contributed by atoms with E-state index in [9.17, 15) is 4.79 Å². The fourth-order valence-electron chi connectivity index (χ4n) is 2.27. The molecule has 0 heterocycles. The maximum absolute atomic E-state index is 12.0. The van der Waals surface area contributed by atoms with Gasteiger partial charge in [0.05, 0.1) is 20.2 Å². The van der Waals surface area contributed by atoms with Crippen LogP contribution >= 0.6 is 0 Å². The van der Waals surface area contributed by atoms with E-state index >= 15 is 0 Å². The third kappa shape index (κ3) is 6.84. The van der Waals surface area contributed by atoms with Crippen molar-refractivity contribution in [2.24, 2.45) is 4.99 Å². The maximum atomic E-state index is 12.0. The molecular weight excluding hydrogens is 328 g/mol. The van der Waals surface area contributed by atoms with Crippen LogP contribution in [-0.4, -0.2) is 32.1 Å². The van der Waals surface area contributed by atoms with Crippen molar-refractivity contribution >= 4 is 11.9 Å². The molecule has 0 aliphatic heterocycles. The lowest BCUT2D eigenvalue weighted by atomic mass is 10.2. The van der Waals surface area contributed by atoms with Gasteiger partial charge in [0, 0.05) is 13.1 Å². The van der Waals surface area contributed by atoms with E-state index < -0.39 is 0 Å². The van der Waals surface area contributed by atoms with Crippen molar-refractivity contribution < 1.29 is 9.53 Å². The monoisotopic (exact) mass is 354 g/mol. The number of amides is 1. The third-order valence-corrected chi connectivity index (χ3v) is 3.67. The lowest BCUT2D eigenvalue weighted by Gasteiger charge is -2.11. The number of hydrogen-bond donors (Lipinski definition) is 3. The fraction of sp³-hybridized carbons (Fsp3) is 0.300. The summed E-state index contributed by atoms with van der Waals surface area (Å²) >= 11 is 0. The molecule has 0 aromatic heterocycles. The minimum absolute atomic E-state index is 0.0797. The van der Waals surface area contributed by atoms with Gasteiger partial charge >= 0.3 is 0 Å². The Bertz CT molecular complexity index is 700.